The molecule has 8 nitrogen and oxygen atoms in total. The highest BCUT2D eigenvalue weighted by Crippen LogP contribution is 2.14. The molecule has 0 aliphatic carbocycles. The minimum atomic E-state index is -0.675. The van der Waals surface area contributed by atoms with Gasteiger partial charge in [0.05, 0.1) is 24.3 Å². The molecule has 1 aromatic heterocycles. The van der Waals surface area contributed by atoms with Crippen molar-refractivity contribution in [2.45, 2.75) is 0 Å². The van der Waals surface area contributed by atoms with Crippen molar-refractivity contribution in [3.63, 3.8) is 0 Å². The van der Waals surface area contributed by atoms with Crippen LogP contribution in [0.1, 0.15) is 21.5 Å². The summed E-state index contributed by atoms with van der Waals surface area (Å²) in [7, 11) is 1.55. The second-order valence-electron chi connectivity index (χ2n) is 7.37. The van der Waals surface area contributed by atoms with Crippen LogP contribution in [0.5, 0.6) is 5.75 Å². The molecule has 0 aliphatic rings. The van der Waals surface area contributed by atoms with Gasteiger partial charge in [0, 0.05) is 5.56 Å². The Bertz CT molecular complexity index is 1470. The fourth-order valence-electron chi connectivity index (χ4n) is 3.21. The highest BCUT2D eigenvalue weighted by Gasteiger charge is 2.14. The molecule has 0 spiro atoms. The Hall–Kier alpha value is -4.98. The van der Waals surface area contributed by atoms with Gasteiger partial charge in [0.2, 0.25) is 5.43 Å². The monoisotopic (exact) mass is 467 g/mol. The zero-order valence-electron chi connectivity index (χ0n) is 18.7. The van der Waals surface area contributed by atoms with E-state index in [9.17, 15) is 14.4 Å². The average molecular weight is 467 g/mol. The fraction of sp³-hybridized carbons (Fsp3) is 0.0370. The number of para-hydroxylation sites is 1. The first-order valence-corrected chi connectivity index (χ1v) is 10.6. The number of amides is 2. The molecule has 0 fully saturated rings. The first kappa shape index (κ1) is 23.2. The molecule has 8 heteroatoms. The normalized spacial score (nSPS) is 11.4. The number of carbonyl (C=O) groups excluding carboxylic acids is 2. The van der Waals surface area contributed by atoms with Crippen LogP contribution >= 0.6 is 0 Å². The van der Waals surface area contributed by atoms with Crippen LogP contribution in [0.4, 0.5) is 0 Å². The van der Waals surface area contributed by atoms with Crippen LogP contribution in [0.25, 0.3) is 17.0 Å². The molecular weight excluding hydrogens is 446 g/mol. The van der Waals surface area contributed by atoms with Gasteiger partial charge in [0.15, 0.2) is 0 Å². The summed E-state index contributed by atoms with van der Waals surface area (Å²) in [6.07, 6.45) is 3.97. The lowest BCUT2D eigenvalue weighted by Crippen LogP contribution is -2.32. The maximum absolute atomic E-state index is 12.9. The van der Waals surface area contributed by atoms with Crippen molar-refractivity contribution in [3.05, 3.63) is 118 Å². The van der Waals surface area contributed by atoms with E-state index < -0.39 is 11.8 Å². The van der Waals surface area contributed by atoms with Gasteiger partial charge in [-0.05, 0) is 48.0 Å². The highest BCUT2D eigenvalue weighted by molar-refractivity contribution is 6.05. The topological polar surface area (TPSA) is 110 Å². The zero-order valence-corrected chi connectivity index (χ0v) is 18.7. The van der Waals surface area contributed by atoms with E-state index in [1.54, 1.807) is 86.0 Å². The molecule has 1 heterocycles. The van der Waals surface area contributed by atoms with Crippen LogP contribution in [-0.2, 0) is 4.79 Å². The van der Waals surface area contributed by atoms with Gasteiger partial charge in [0.25, 0.3) is 11.8 Å². The Balaban J connectivity index is 1.56. The van der Waals surface area contributed by atoms with Crippen LogP contribution in [0.3, 0.4) is 0 Å². The number of ether oxygens (including phenoxy) is 1. The summed E-state index contributed by atoms with van der Waals surface area (Å²) >= 11 is 0. The lowest BCUT2D eigenvalue weighted by Gasteiger charge is -2.09. The first-order chi connectivity index (χ1) is 17.0. The number of rotatable bonds is 7. The highest BCUT2D eigenvalue weighted by atomic mass is 16.5. The van der Waals surface area contributed by atoms with Crippen molar-refractivity contribution in [1.82, 2.24) is 10.7 Å². The van der Waals surface area contributed by atoms with Crippen LogP contribution in [0.15, 0.2) is 105 Å². The molecule has 0 bridgehead atoms. The van der Waals surface area contributed by atoms with Crippen molar-refractivity contribution in [2.75, 3.05) is 7.11 Å². The van der Waals surface area contributed by atoms with Gasteiger partial charge in [0.1, 0.15) is 23.3 Å². The maximum atomic E-state index is 12.9. The number of carbonyl (C=O) groups is 2. The largest absolute Gasteiger partial charge is 0.497 e. The maximum Gasteiger partial charge on any atom is 0.287 e. The minimum Gasteiger partial charge on any atom is -0.497 e. The van der Waals surface area contributed by atoms with E-state index in [2.05, 4.69) is 15.8 Å². The van der Waals surface area contributed by atoms with E-state index in [1.807, 2.05) is 0 Å². The van der Waals surface area contributed by atoms with Gasteiger partial charge >= 0.3 is 0 Å². The number of hydrazone groups is 1. The Morgan fingerprint density at radius 2 is 1.66 bits per heavy atom. The third-order valence-corrected chi connectivity index (χ3v) is 5.03. The lowest BCUT2D eigenvalue weighted by molar-refractivity contribution is -0.117. The number of methoxy groups -OCH3 is 1. The van der Waals surface area contributed by atoms with Crippen LogP contribution in [0, 0.1) is 0 Å². The third-order valence-electron chi connectivity index (χ3n) is 5.03. The summed E-state index contributed by atoms with van der Waals surface area (Å²) in [6, 6.07) is 22.3. The number of hydrogen-bond donors (Lipinski definition) is 2. The van der Waals surface area contributed by atoms with Crippen LogP contribution in [0.2, 0.25) is 0 Å². The minimum absolute atomic E-state index is 0.0354. The molecule has 35 heavy (non-hydrogen) atoms. The molecule has 0 saturated carbocycles. The lowest BCUT2D eigenvalue weighted by atomic mass is 10.1. The van der Waals surface area contributed by atoms with Crippen LogP contribution < -0.4 is 20.9 Å². The molecule has 174 valence electrons. The molecule has 2 N–H and O–H groups in total. The second kappa shape index (κ2) is 10.8. The van der Waals surface area contributed by atoms with E-state index in [4.69, 9.17) is 9.15 Å². The van der Waals surface area contributed by atoms with Gasteiger partial charge < -0.3 is 14.5 Å². The number of nitrogens with one attached hydrogen (secondary N) is 2. The summed E-state index contributed by atoms with van der Waals surface area (Å²) in [5.74, 6) is -0.480. The molecule has 3 aromatic carbocycles. The Morgan fingerprint density at radius 3 is 2.40 bits per heavy atom. The van der Waals surface area contributed by atoms with Gasteiger partial charge in [-0.25, -0.2) is 5.43 Å². The molecule has 0 unspecified atom stereocenters. The van der Waals surface area contributed by atoms with E-state index in [1.165, 1.54) is 18.6 Å². The molecule has 0 atom stereocenters. The quantitative estimate of drug-likeness (QED) is 0.245. The molecule has 0 radical (unpaired) electrons. The first-order valence-electron chi connectivity index (χ1n) is 10.6. The Labute approximate surface area is 200 Å². The van der Waals surface area contributed by atoms with E-state index >= 15 is 0 Å². The van der Waals surface area contributed by atoms with Crippen molar-refractivity contribution in [2.24, 2.45) is 5.10 Å². The number of nitrogens with zero attached hydrogens (tertiary/aromatic N) is 1. The average Bonchev–Trinajstić information content (AvgIpc) is 2.90. The smallest absolute Gasteiger partial charge is 0.287 e. The molecular formula is C27H21N3O5. The van der Waals surface area contributed by atoms with Crippen LogP contribution in [-0.4, -0.2) is 25.1 Å². The van der Waals surface area contributed by atoms with Gasteiger partial charge in [-0.1, -0.05) is 42.5 Å². The molecule has 0 saturated heterocycles. The van der Waals surface area contributed by atoms with E-state index in [-0.39, 0.29) is 16.7 Å². The number of hydrogen-bond acceptors (Lipinski definition) is 6. The standard InChI is InChI=1S/C27H21N3O5/c1-34-21-13-11-18(12-14-21)15-23(29-26(32)19-7-3-2-4-8-19)27(33)30-28-16-20-17-35-24-10-6-5-9-22(24)25(20)31/h2-17H,1H3,(H,29,32)(H,30,33)/b23-15+,28-16+. The molecule has 0 aliphatic heterocycles. The van der Waals surface area contributed by atoms with Crippen molar-refractivity contribution >= 4 is 35.1 Å². The Morgan fingerprint density at radius 1 is 0.943 bits per heavy atom. The Kier molecular flexibility index (Phi) is 7.13. The van der Waals surface area contributed by atoms with Gasteiger partial charge in [-0.15, -0.1) is 0 Å². The second-order valence-corrected chi connectivity index (χ2v) is 7.37. The molecule has 4 rings (SSSR count). The summed E-state index contributed by atoms with van der Waals surface area (Å²) in [5.41, 5.74) is 3.69. The van der Waals surface area contributed by atoms with E-state index in [0.717, 1.165) is 0 Å². The number of benzene rings is 3. The SMILES string of the molecule is COc1ccc(/C=C(/NC(=O)c2ccccc2)C(=O)N/N=C/c2coc3ccccc3c2=O)cc1. The van der Waals surface area contributed by atoms with Crippen molar-refractivity contribution in [3.8, 4) is 5.75 Å². The van der Waals surface area contributed by atoms with Crippen molar-refractivity contribution in [1.29, 1.82) is 0 Å². The zero-order chi connectivity index (χ0) is 24.6. The summed E-state index contributed by atoms with van der Waals surface area (Å²) in [6.45, 7) is 0. The number of fused-ring (bicyclic) bond motifs is 1. The fourth-order valence-corrected chi connectivity index (χ4v) is 3.21. The summed E-state index contributed by atoms with van der Waals surface area (Å²) in [5, 5.41) is 6.90. The van der Waals surface area contributed by atoms with Crippen molar-refractivity contribution < 1.29 is 18.7 Å². The third kappa shape index (κ3) is 5.69. The summed E-state index contributed by atoms with van der Waals surface area (Å²) in [4.78, 5) is 38.2. The predicted octanol–water partition coefficient (Wildman–Crippen LogP) is 3.72. The van der Waals surface area contributed by atoms with Gasteiger partial charge in [-0.2, -0.15) is 5.10 Å². The predicted molar refractivity (Wildman–Crippen MR) is 133 cm³/mol. The van der Waals surface area contributed by atoms with E-state index in [0.29, 0.717) is 27.8 Å². The summed E-state index contributed by atoms with van der Waals surface area (Å²) < 4.78 is 10.6. The molecule has 2 amide bonds. The molecule has 4 aromatic rings. The van der Waals surface area contributed by atoms with Gasteiger partial charge in [-0.3, -0.25) is 14.4 Å².